The van der Waals surface area contributed by atoms with Crippen molar-refractivity contribution >= 4 is 5.91 Å². The van der Waals surface area contributed by atoms with Crippen LogP contribution in [0, 0.1) is 0 Å². The zero-order valence-electron chi connectivity index (χ0n) is 12.9. The van der Waals surface area contributed by atoms with Crippen molar-refractivity contribution in [3.63, 3.8) is 0 Å². The highest BCUT2D eigenvalue weighted by molar-refractivity contribution is 5.94. The van der Waals surface area contributed by atoms with Crippen LogP contribution in [0.25, 0.3) is 0 Å². The van der Waals surface area contributed by atoms with E-state index in [0.29, 0.717) is 25.2 Å². The fourth-order valence-corrected chi connectivity index (χ4v) is 1.99. The lowest BCUT2D eigenvalue weighted by Gasteiger charge is -2.13. The summed E-state index contributed by atoms with van der Waals surface area (Å²) in [5.41, 5.74) is 0.642. The number of aliphatic hydroxyl groups excluding tert-OH is 1. The SMILES string of the molecule is O=C(NCCNC[C@@H](O)COc1ccccc1)c1ccccc1. The van der Waals surface area contributed by atoms with Crippen LogP contribution in [0.4, 0.5) is 0 Å². The summed E-state index contributed by atoms with van der Waals surface area (Å²) >= 11 is 0. The molecular weight excluding hydrogens is 292 g/mol. The summed E-state index contributed by atoms with van der Waals surface area (Å²) in [6.07, 6.45) is -0.597. The van der Waals surface area contributed by atoms with E-state index in [9.17, 15) is 9.90 Å². The van der Waals surface area contributed by atoms with Gasteiger partial charge in [-0.05, 0) is 24.3 Å². The van der Waals surface area contributed by atoms with Crippen LogP contribution in [0.1, 0.15) is 10.4 Å². The number of para-hydroxylation sites is 1. The van der Waals surface area contributed by atoms with E-state index in [0.717, 1.165) is 5.75 Å². The van der Waals surface area contributed by atoms with E-state index >= 15 is 0 Å². The predicted molar refractivity (Wildman–Crippen MR) is 89.6 cm³/mol. The molecule has 0 radical (unpaired) electrons. The molecule has 2 aromatic carbocycles. The summed E-state index contributed by atoms with van der Waals surface area (Å²) in [6.45, 7) is 1.72. The molecule has 0 bridgehead atoms. The van der Waals surface area contributed by atoms with Crippen molar-refractivity contribution < 1.29 is 14.6 Å². The number of benzene rings is 2. The maximum atomic E-state index is 11.8. The molecule has 0 heterocycles. The van der Waals surface area contributed by atoms with Gasteiger partial charge in [-0.3, -0.25) is 4.79 Å². The van der Waals surface area contributed by atoms with Crippen molar-refractivity contribution in [2.75, 3.05) is 26.2 Å². The minimum Gasteiger partial charge on any atom is -0.491 e. The lowest BCUT2D eigenvalue weighted by Crippen LogP contribution is -2.37. The highest BCUT2D eigenvalue weighted by atomic mass is 16.5. The van der Waals surface area contributed by atoms with Gasteiger partial charge in [0.2, 0.25) is 0 Å². The number of amides is 1. The fraction of sp³-hybridized carbons (Fsp3) is 0.278. The molecule has 0 aliphatic carbocycles. The van der Waals surface area contributed by atoms with Crippen LogP contribution in [0.2, 0.25) is 0 Å². The second kappa shape index (κ2) is 9.61. The van der Waals surface area contributed by atoms with Gasteiger partial charge in [-0.25, -0.2) is 0 Å². The topological polar surface area (TPSA) is 70.6 Å². The van der Waals surface area contributed by atoms with Crippen LogP contribution in [0.3, 0.4) is 0 Å². The molecule has 0 aromatic heterocycles. The highest BCUT2D eigenvalue weighted by Crippen LogP contribution is 2.08. The summed E-state index contributed by atoms with van der Waals surface area (Å²) in [6, 6.07) is 18.4. The molecule has 2 rings (SSSR count). The number of ether oxygens (including phenoxy) is 1. The zero-order chi connectivity index (χ0) is 16.3. The maximum absolute atomic E-state index is 11.8. The lowest BCUT2D eigenvalue weighted by atomic mass is 10.2. The quantitative estimate of drug-likeness (QED) is 0.613. The van der Waals surface area contributed by atoms with Gasteiger partial charge in [-0.1, -0.05) is 36.4 Å². The van der Waals surface area contributed by atoms with Gasteiger partial charge in [0.05, 0.1) is 0 Å². The molecule has 0 saturated heterocycles. The molecule has 0 fully saturated rings. The van der Waals surface area contributed by atoms with E-state index in [2.05, 4.69) is 10.6 Å². The third kappa shape index (κ3) is 6.50. The summed E-state index contributed by atoms with van der Waals surface area (Å²) in [5.74, 6) is 0.641. The van der Waals surface area contributed by atoms with Crippen LogP contribution >= 0.6 is 0 Å². The fourth-order valence-electron chi connectivity index (χ4n) is 1.99. The van der Waals surface area contributed by atoms with Gasteiger partial charge in [0, 0.05) is 25.2 Å². The molecule has 3 N–H and O–H groups in total. The molecule has 0 saturated carbocycles. The average Bonchev–Trinajstić information content (AvgIpc) is 2.61. The van der Waals surface area contributed by atoms with Crippen molar-refractivity contribution in [3.8, 4) is 5.75 Å². The first kappa shape index (κ1) is 17.0. The number of rotatable bonds is 9. The Morgan fingerprint density at radius 1 is 1.00 bits per heavy atom. The molecule has 0 unspecified atom stereocenters. The zero-order valence-corrected chi connectivity index (χ0v) is 12.9. The molecule has 5 nitrogen and oxygen atoms in total. The number of carbonyl (C=O) groups is 1. The maximum Gasteiger partial charge on any atom is 0.251 e. The summed E-state index contributed by atoms with van der Waals surface area (Å²) in [4.78, 5) is 11.8. The van der Waals surface area contributed by atoms with Crippen LogP contribution in [0.15, 0.2) is 60.7 Å². The monoisotopic (exact) mass is 314 g/mol. The second-order valence-electron chi connectivity index (χ2n) is 5.10. The normalized spacial score (nSPS) is 11.7. The number of hydrogen-bond donors (Lipinski definition) is 3. The van der Waals surface area contributed by atoms with Crippen molar-refractivity contribution in [2.45, 2.75) is 6.10 Å². The van der Waals surface area contributed by atoms with Gasteiger partial charge in [0.1, 0.15) is 18.5 Å². The van der Waals surface area contributed by atoms with E-state index < -0.39 is 6.10 Å². The molecule has 0 aliphatic rings. The Labute approximate surface area is 136 Å². The van der Waals surface area contributed by atoms with Gasteiger partial charge in [0.25, 0.3) is 5.91 Å². The molecule has 23 heavy (non-hydrogen) atoms. The molecule has 5 heteroatoms. The van der Waals surface area contributed by atoms with Crippen LogP contribution in [-0.4, -0.2) is 43.4 Å². The van der Waals surface area contributed by atoms with Crippen molar-refractivity contribution in [1.29, 1.82) is 0 Å². The molecule has 2 aromatic rings. The summed E-state index contributed by atoms with van der Waals surface area (Å²) in [5, 5.41) is 15.7. The van der Waals surface area contributed by atoms with Crippen LogP contribution in [-0.2, 0) is 0 Å². The van der Waals surface area contributed by atoms with Gasteiger partial charge in [-0.2, -0.15) is 0 Å². The van der Waals surface area contributed by atoms with E-state index in [1.54, 1.807) is 12.1 Å². The van der Waals surface area contributed by atoms with Gasteiger partial charge < -0.3 is 20.5 Å². The molecule has 0 spiro atoms. The number of carbonyl (C=O) groups excluding carboxylic acids is 1. The van der Waals surface area contributed by atoms with Gasteiger partial charge >= 0.3 is 0 Å². The predicted octanol–water partition coefficient (Wildman–Crippen LogP) is 1.45. The Balaban J connectivity index is 1.54. The number of hydrogen-bond acceptors (Lipinski definition) is 4. The van der Waals surface area contributed by atoms with E-state index in [4.69, 9.17) is 4.74 Å². The standard InChI is InChI=1S/C18H22N2O3/c21-16(14-23-17-9-5-2-6-10-17)13-19-11-12-20-18(22)15-7-3-1-4-8-15/h1-10,16,19,21H,11-14H2,(H,20,22)/t16-/m1/s1. The smallest absolute Gasteiger partial charge is 0.251 e. The van der Waals surface area contributed by atoms with Crippen molar-refractivity contribution in [1.82, 2.24) is 10.6 Å². The Bertz CT molecular complexity index is 575. The number of aliphatic hydroxyl groups is 1. The molecule has 122 valence electrons. The lowest BCUT2D eigenvalue weighted by molar-refractivity contribution is 0.0950. The van der Waals surface area contributed by atoms with Crippen LogP contribution < -0.4 is 15.4 Å². The highest BCUT2D eigenvalue weighted by Gasteiger charge is 2.06. The second-order valence-corrected chi connectivity index (χ2v) is 5.10. The third-order valence-electron chi connectivity index (χ3n) is 3.19. The minimum absolute atomic E-state index is 0.0969. The first-order chi connectivity index (χ1) is 11.3. The molecule has 1 atom stereocenters. The minimum atomic E-state index is -0.597. The molecule has 0 aliphatic heterocycles. The Morgan fingerprint density at radius 3 is 2.35 bits per heavy atom. The first-order valence-corrected chi connectivity index (χ1v) is 7.65. The van der Waals surface area contributed by atoms with E-state index in [1.807, 2.05) is 48.5 Å². The van der Waals surface area contributed by atoms with Crippen LogP contribution in [0.5, 0.6) is 5.75 Å². The summed E-state index contributed by atoms with van der Waals surface area (Å²) < 4.78 is 5.46. The van der Waals surface area contributed by atoms with E-state index in [-0.39, 0.29) is 12.5 Å². The average molecular weight is 314 g/mol. The first-order valence-electron chi connectivity index (χ1n) is 7.65. The Morgan fingerprint density at radius 2 is 1.65 bits per heavy atom. The molecular formula is C18H22N2O3. The summed E-state index contributed by atoms with van der Waals surface area (Å²) in [7, 11) is 0. The van der Waals surface area contributed by atoms with E-state index in [1.165, 1.54) is 0 Å². The largest absolute Gasteiger partial charge is 0.491 e. The van der Waals surface area contributed by atoms with Crippen molar-refractivity contribution in [3.05, 3.63) is 66.2 Å². The third-order valence-corrected chi connectivity index (χ3v) is 3.19. The van der Waals surface area contributed by atoms with Crippen molar-refractivity contribution in [2.24, 2.45) is 0 Å². The van der Waals surface area contributed by atoms with Gasteiger partial charge in [-0.15, -0.1) is 0 Å². The Hall–Kier alpha value is -2.37. The molecule has 1 amide bonds. The Kier molecular flexibility index (Phi) is 7.10. The number of nitrogens with one attached hydrogen (secondary N) is 2. The van der Waals surface area contributed by atoms with Gasteiger partial charge in [0.15, 0.2) is 0 Å².